The van der Waals surface area contributed by atoms with Gasteiger partial charge in [-0.25, -0.2) is 0 Å². The van der Waals surface area contributed by atoms with Gasteiger partial charge in [0.1, 0.15) is 0 Å². The number of nitrogens with zero attached hydrogens (tertiary/aromatic N) is 1. The second-order valence-corrected chi connectivity index (χ2v) is 6.67. The molecule has 0 bridgehead atoms. The number of nitrogens with one attached hydrogen (secondary N) is 2. The van der Waals surface area contributed by atoms with E-state index in [0.717, 1.165) is 10.2 Å². The Bertz CT molecular complexity index is 659. The summed E-state index contributed by atoms with van der Waals surface area (Å²) in [4.78, 5) is 2.07. The summed E-state index contributed by atoms with van der Waals surface area (Å²) in [6, 6.07) is 14.0. The SMILES string of the molecule is CN(C)c1ccc(CNC(=S)Nc2ccc(Br)c(Cl)c2)cc1. The molecule has 0 fully saturated rings. The van der Waals surface area contributed by atoms with Crippen molar-refractivity contribution in [3.63, 3.8) is 0 Å². The maximum absolute atomic E-state index is 6.06. The lowest BCUT2D eigenvalue weighted by Crippen LogP contribution is -2.27. The number of anilines is 2. The highest BCUT2D eigenvalue weighted by atomic mass is 79.9. The third kappa shape index (κ3) is 4.87. The van der Waals surface area contributed by atoms with E-state index < -0.39 is 0 Å². The number of hydrogen-bond donors (Lipinski definition) is 2. The number of hydrogen-bond acceptors (Lipinski definition) is 2. The van der Waals surface area contributed by atoms with Gasteiger partial charge in [0.05, 0.1) is 5.02 Å². The molecule has 0 aliphatic rings. The molecule has 2 N–H and O–H groups in total. The first-order valence-electron chi connectivity index (χ1n) is 6.72. The van der Waals surface area contributed by atoms with Crippen molar-refractivity contribution >= 4 is 56.2 Å². The van der Waals surface area contributed by atoms with Crippen molar-refractivity contribution < 1.29 is 0 Å². The zero-order chi connectivity index (χ0) is 16.1. The Hall–Kier alpha value is -1.30. The number of benzene rings is 2. The zero-order valence-corrected chi connectivity index (χ0v) is 15.5. The van der Waals surface area contributed by atoms with Gasteiger partial charge in [-0.15, -0.1) is 0 Å². The van der Waals surface area contributed by atoms with Crippen molar-refractivity contribution in [1.82, 2.24) is 5.32 Å². The van der Waals surface area contributed by atoms with Crippen LogP contribution in [-0.4, -0.2) is 19.2 Å². The van der Waals surface area contributed by atoms with Crippen molar-refractivity contribution in [2.45, 2.75) is 6.54 Å². The number of rotatable bonds is 4. The van der Waals surface area contributed by atoms with Gasteiger partial charge in [-0.1, -0.05) is 23.7 Å². The minimum absolute atomic E-state index is 0.565. The molecule has 2 rings (SSSR count). The van der Waals surface area contributed by atoms with E-state index in [1.807, 2.05) is 32.3 Å². The third-order valence-corrected chi connectivity index (χ3v) is 4.56. The van der Waals surface area contributed by atoms with E-state index in [4.69, 9.17) is 23.8 Å². The predicted molar refractivity (Wildman–Crippen MR) is 103 cm³/mol. The molecule has 2 aromatic rings. The van der Waals surface area contributed by atoms with E-state index in [0.29, 0.717) is 16.7 Å². The fraction of sp³-hybridized carbons (Fsp3) is 0.188. The highest BCUT2D eigenvalue weighted by molar-refractivity contribution is 9.10. The fourth-order valence-corrected chi connectivity index (χ4v) is 2.46. The Morgan fingerprint density at radius 3 is 2.45 bits per heavy atom. The molecule has 3 nitrogen and oxygen atoms in total. The molecule has 0 saturated heterocycles. The van der Waals surface area contributed by atoms with Crippen LogP contribution in [0.2, 0.25) is 5.02 Å². The summed E-state index contributed by atoms with van der Waals surface area (Å²) in [6.07, 6.45) is 0. The lowest BCUT2D eigenvalue weighted by molar-refractivity contribution is 0.925. The van der Waals surface area contributed by atoms with Gasteiger partial charge in [-0.3, -0.25) is 0 Å². The number of thiocarbonyl (C=S) groups is 1. The summed E-state index contributed by atoms with van der Waals surface area (Å²) in [5, 5.41) is 7.51. The minimum atomic E-state index is 0.565. The molecule has 116 valence electrons. The first-order valence-corrected chi connectivity index (χ1v) is 8.30. The Morgan fingerprint density at radius 2 is 1.86 bits per heavy atom. The monoisotopic (exact) mass is 397 g/mol. The minimum Gasteiger partial charge on any atom is -0.378 e. The van der Waals surface area contributed by atoms with Crippen LogP contribution in [0.1, 0.15) is 5.56 Å². The lowest BCUT2D eigenvalue weighted by atomic mass is 10.2. The largest absolute Gasteiger partial charge is 0.378 e. The van der Waals surface area contributed by atoms with Gasteiger partial charge >= 0.3 is 0 Å². The van der Waals surface area contributed by atoms with Crippen LogP contribution in [0.3, 0.4) is 0 Å². The van der Waals surface area contributed by atoms with E-state index in [9.17, 15) is 0 Å². The molecule has 0 unspecified atom stereocenters. The smallest absolute Gasteiger partial charge is 0.171 e. The van der Waals surface area contributed by atoms with Crippen molar-refractivity contribution in [2.24, 2.45) is 0 Å². The maximum Gasteiger partial charge on any atom is 0.171 e. The van der Waals surface area contributed by atoms with Crippen molar-refractivity contribution in [3.05, 3.63) is 57.5 Å². The third-order valence-electron chi connectivity index (χ3n) is 3.08. The van der Waals surface area contributed by atoms with Gasteiger partial charge in [0, 0.05) is 36.5 Å². The highest BCUT2D eigenvalue weighted by Crippen LogP contribution is 2.25. The van der Waals surface area contributed by atoms with Gasteiger partial charge < -0.3 is 15.5 Å². The maximum atomic E-state index is 6.06. The summed E-state index contributed by atoms with van der Waals surface area (Å²) < 4.78 is 0.861. The van der Waals surface area contributed by atoms with Crippen LogP contribution < -0.4 is 15.5 Å². The van der Waals surface area contributed by atoms with Crippen LogP contribution >= 0.6 is 39.7 Å². The summed E-state index contributed by atoms with van der Waals surface area (Å²) >= 11 is 14.7. The normalized spacial score (nSPS) is 10.2. The fourth-order valence-electron chi connectivity index (χ4n) is 1.84. The number of halogens is 2. The Labute approximate surface area is 149 Å². The first-order chi connectivity index (χ1) is 10.5. The topological polar surface area (TPSA) is 27.3 Å². The van der Waals surface area contributed by atoms with Crippen molar-refractivity contribution in [1.29, 1.82) is 0 Å². The molecule has 0 saturated carbocycles. The molecule has 2 aromatic carbocycles. The van der Waals surface area contributed by atoms with Crippen LogP contribution in [0.25, 0.3) is 0 Å². The van der Waals surface area contributed by atoms with Crippen molar-refractivity contribution in [2.75, 3.05) is 24.3 Å². The van der Waals surface area contributed by atoms with E-state index in [1.54, 1.807) is 0 Å². The summed E-state index contributed by atoms with van der Waals surface area (Å²) in [5.41, 5.74) is 3.20. The average Bonchev–Trinajstić information content (AvgIpc) is 2.49. The second-order valence-electron chi connectivity index (χ2n) is 5.00. The lowest BCUT2D eigenvalue weighted by Gasteiger charge is -2.14. The van der Waals surface area contributed by atoms with Gasteiger partial charge in [0.2, 0.25) is 0 Å². The van der Waals surface area contributed by atoms with Crippen LogP contribution in [0.5, 0.6) is 0 Å². The molecule has 0 radical (unpaired) electrons. The van der Waals surface area contributed by atoms with Gasteiger partial charge in [0.15, 0.2) is 5.11 Å². The predicted octanol–water partition coefficient (Wildman–Crippen LogP) is 4.66. The molecule has 0 heterocycles. The van der Waals surface area contributed by atoms with Crippen molar-refractivity contribution in [3.8, 4) is 0 Å². The van der Waals surface area contributed by atoms with Gasteiger partial charge in [-0.05, 0) is 64.0 Å². The Balaban J connectivity index is 1.88. The van der Waals surface area contributed by atoms with Crippen LogP contribution in [-0.2, 0) is 6.54 Å². The first kappa shape index (κ1) is 17.1. The van der Waals surface area contributed by atoms with E-state index in [1.165, 1.54) is 11.3 Å². The molecule has 0 aromatic heterocycles. The molecular weight excluding hydrogens is 382 g/mol. The molecule has 0 amide bonds. The van der Waals surface area contributed by atoms with Gasteiger partial charge in [-0.2, -0.15) is 0 Å². The average molecular weight is 399 g/mol. The van der Waals surface area contributed by atoms with E-state index in [2.05, 4.69) is 55.7 Å². The summed E-state index contributed by atoms with van der Waals surface area (Å²) in [6.45, 7) is 0.670. The van der Waals surface area contributed by atoms with Gasteiger partial charge in [0.25, 0.3) is 0 Å². The zero-order valence-electron chi connectivity index (χ0n) is 12.4. The molecular formula is C16H17BrClN3S. The Morgan fingerprint density at radius 1 is 1.18 bits per heavy atom. The quantitative estimate of drug-likeness (QED) is 0.733. The molecule has 0 atom stereocenters. The second kappa shape index (κ2) is 7.81. The van der Waals surface area contributed by atoms with Crippen LogP contribution in [0.15, 0.2) is 46.9 Å². The molecule has 22 heavy (non-hydrogen) atoms. The van der Waals surface area contributed by atoms with Crippen LogP contribution in [0.4, 0.5) is 11.4 Å². The van der Waals surface area contributed by atoms with E-state index in [-0.39, 0.29) is 0 Å². The molecule has 0 spiro atoms. The molecule has 6 heteroatoms. The summed E-state index contributed by atoms with van der Waals surface area (Å²) in [7, 11) is 4.05. The van der Waals surface area contributed by atoms with E-state index >= 15 is 0 Å². The highest BCUT2D eigenvalue weighted by Gasteiger charge is 2.02. The molecule has 0 aliphatic carbocycles. The standard InChI is InChI=1S/C16H17BrClN3S/c1-21(2)13-6-3-11(4-7-13)10-19-16(22)20-12-5-8-14(17)15(18)9-12/h3-9H,10H2,1-2H3,(H2,19,20,22). The van der Waals surface area contributed by atoms with Crippen LogP contribution in [0, 0.1) is 0 Å². The Kier molecular flexibility index (Phi) is 6.06. The molecule has 0 aliphatic heterocycles. The summed E-state index contributed by atoms with van der Waals surface area (Å²) in [5.74, 6) is 0.